The van der Waals surface area contributed by atoms with Crippen LogP contribution >= 0.6 is 11.6 Å². The third-order valence-corrected chi connectivity index (χ3v) is 5.02. The highest BCUT2D eigenvalue weighted by Gasteiger charge is 2.73. The van der Waals surface area contributed by atoms with Crippen LogP contribution in [0, 0.1) is 10.8 Å². The van der Waals surface area contributed by atoms with E-state index >= 15 is 0 Å². The van der Waals surface area contributed by atoms with E-state index in [0.717, 1.165) is 12.8 Å². The van der Waals surface area contributed by atoms with Gasteiger partial charge in [-0.1, -0.05) is 27.2 Å². The van der Waals surface area contributed by atoms with Crippen LogP contribution in [0.3, 0.4) is 0 Å². The van der Waals surface area contributed by atoms with Gasteiger partial charge in [-0.25, -0.2) is 0 Å². The van der Waals surface area contributed by atoms with Crippen molar-refractivity contribution in [1.82, 2.24) is 0 Å². The van der Waals surface area contributed by atoms with Gasteiger partial charge in [-0.3, -0.25) is 0 Å². The first kappa shape index (κ1) is 9.79. The van der Waals surface area contributed by atoms with Crippen LogP contribution in [0.5, 0.6) is 0 Å². The highest BCUT2D eigenvalue weighted by molar-refractivity contribution is 6.24. The summed E-state index contributed by atoms with van der Waals surface area (Å²) in [5, 5.41) is 10.3. The summed E-state index contributed by atoms with van der Waals surface area (Å²) in [5.41, 5.74) is -0.312. The van der Waals surface area contributed by atoms with Gasteiger partial charge in [-0.05, 0) is 24.7 Å². The molecule has 13 heavy (non-hydrogen) atoms. The highest BCUT2D eigenvalue weighted by atomic mass is 35.5. The Morgan fingerprint density at radius 3 is 2.46 bits per heavy atom. The normalized spacial score (nSPS) is 53.8. The van der Waals surface area contributed by atoms with Crippen molar-refractivity contribution in [1.29, 1.82) is 0 Å². The van der Waals surface area contributed by atoms with Crippen molar-refractivity contribution in [2.45, 2.75) is 57.4 Å². The summed E-state index contributed by atoms with van der Waals surface area (Å²) >= 11 is 6.19. The zero-order chi connectivity index (χ0) is 9.91. The van der Waals surface area contributed by atoms with E-state index in [0.29, 0.717) is 0 Å². The van der Waals surface area contributed by atoms with Crippen molar-refractivity contribution >= 4 is 11.6 Å². The largest absolute Gasteiger partial charge is 0.388 e. The summed E-state index contributed by atoms with van der Waals surface area (Å²) in [6.45, 7) is 6.60. The summed E-state index contributed by atoms with van der Waals surface area (Å²) in [6.07, 6.45) is 4.37. The van der Waals surface area contributed by atoms with Crippen LogP contribution in [0.15, 0.2) is 0 Å². The molecule has 0 aromatic heterocycles. The van der Waals surface area contributed by atoms with Gasteiger partial charge in [0.25, 0.3) is 0 Å². The van der Waals surface area contributed by atoms with Gasteiger partial charge in [0.15, 0.2) is 0 Å². The van der Waals surface area contributed by atoms with Crippen LogP contribution in [0.2, 0.25) is 0 Å². The molecule has 0 aromatic carbocycles. The maximum atomic E-state index is 10.4. The second-order valence-electron chi connectivity index (χ2n) is 5.90. The molecule has 0 heterocycles. The van der Waals surface area contributed by atoms with Gasteiger partial charge in [0.2, 0.25) is 0 Å². The molecule has 0 aliphatic heterocycles. The Bertz CT molecular complexity index is 238. The number of rotatable bonds is 0. The Balaban J connectivity index is 2.24. The van der Waals surface area contributed by atoms with Gasteiger partial charge in [0, 0.05) is 5.41 Å². The lowest BCUT2D eigenvalue weighted by atomic mass is 9.82. The molecule has 0 bridgehead atoms. The molecular formula is C11H19ClO. The molecule has 3 atom stereocenters. The minimum absolute atomic E-state index is 0.00231. The lowest BCUT2D eigenvalue weighted by Gasteiger charge is -2.26. The van der Waals surface area contributed by atoms with Gasteiger partial charge in [0.1, 0.15) is 0 Å². The summed E-state index contributed by atoms with van der Waals surface area (Å²) in [5.74, 6) is 0. The number of fused-ring (bicyclic) bond motifs is 1. The van der Waals surface area contributed by atoms with Gasteiger partial charge < -0.3 is 5.11 Å². The summed E-state index contributed by atoms with van der Waals surface area (Å²) in [6, 6.07) is 0. The Morgan fingerprint density at radius 2 is 1.85 bits per heavy atom. The van der Waals surface area contributed by atoms with Gasteiger partial charge in [-0.15, -0.1) is 11.6 Å². The zero-order valence-electron chi connectivity index (χ0n) is 8.73. The van der Waals surface area contributed by atoms with Crippen LogP contribution in [0.25, 0.3) is 0 Å². The van der Waals surface area contributed by atoms with Crippen molar-refractivity contribution in [3.05, 3.63) is 0 Å². The van der Waals surface area contributed by atoms with Crippen molar-refractivity contribution in [2.75, 3.05) is 0 Å². The third-order valence-electron chi connectivity index (χ3n) is 4.18. The van der Waals surface area contributed by atoms with Gasteiger partial charge in [0.05, 0.1) is 11.0 Å². The number of halogens is 1. The Hall–Kier alpha value is 0.250. The predicted molar refractivity (Wildman–Crippen MR) is 54.9 cm³/mol. The number of aliphatic hydroxyl groups is 1. The van der Waals surface area contributed by atoms with Crippen LogP contribution in [-0.2, 0) is 0 Å². The fourth-order valence-corrected chi connectivity index (χ4v) is 3.63. The first-order valence-electron chi connectivity index (χ1n) is 5.18. The summed E-state index contributed by atoms with van der Waals surface area (Å²) in [7, 11) is 0. The van der Waals surface area contributed by atoms with E-state index in [1.807, 2.05) is 0 Å². The Morgan fingerprint density at radius 1 is 1.23 bits per heavy atom. The molecule has 0 unspecified atom stereocenters. The number of hydrogen-bond donors (Lipinski definition) is 1. The van der Waals surface area contributed by atoms with E-state index in [9.17, 15) is 5.11 Å². The molecule has 2 aliphatic carbocycles. The Kier molecular flexibility index (Phi) is 1.83. The summed E-state index contributed by atoms with van der Waals surface area (Å²) < 4.78 is 0. The van der Waals surface area contributed by atoms with Crippen molar-refractivity contribution in [3.63, 3.8) is 0 Å². The molecule has 2 fully saturated rings. The van der Waals surface area contributed by atoms with E-state index < -0.39 is 5.60 Å². The molecule has 0 amide bonds. The van der Waals surface area contributed by atoms with Crippen LogP contribution < -0.4 is 0 Å². The minimum Gasteiger partial charge on any atom is -0.388 e. The molecule has 0 saturated heterocycles. The number of alkyl halides is 1. The lowest BCUT2D eigenvalue weighted by molar-refractivity contribution is 0.0643. The molecular weight excluding hydrogens is 184 g/mol. The molecule has 0 radical (unpaired) electrons. The molecule has 0 spiro atoms. The predicted octanol–water partition coefficient (Wildman–Crippen LogP) is 2.95. The van der Waals surface area contributed by atoms with Crippen LogP contribution in [0.1, 0.15) is 46.5 Å². The van der Waals surface area contributed by atoms with E-state index in [2.05, 4.69) is 20.8 Å². The average molecular weight is 203 g/mol. The quantitative estimate of drug-likeness (QED) is 0.599. The standard InChI is InChI=1S/C11H19ClO/c1-9(2)5-4-6-10(3)8(12)11(10,13)7-9/h8,13H,4-7H2,1-3H3/t8-,10-,11-/m1/s1. The fourth-order valence-electron chi connectivity index (χ4n) is 3.07. The molecule has 2 saturated carbocycles. The van der Waals surface area contributed by atoms with Crippen molar-refractivity contribution in [2.24, 2.45) is 10.8 Å². The van der Waals surface area contributed by atoms with E-state index in [4.69, 9.17) is 11.6 Å². The third kappa shape index (κ3) is 1.16. The monoisotopic (exact) mass is 202 g/mol. The Labute approximate surface area is 85.5 Å². The molecule has 1 N–H and O–H groups in total. The average Bonchev–Trinajstić information content (AvgIpc) is 2.39. The first-order chi connectivity index (χ1) is 5.82. The molecule has 2 heteroatoms. The van der Waals surface area contributed by atoms with Crippen LogP contribution in [-0.4, -0.2) is 16.1 Å². The smallest absolute Gasteiger partial charge is 0.0890 e. The SMILES string of the molecule is CC1(C)CCC[C@]2(C)[C@@H](Cl)[C@]2(O)C1. The fraction of sp³-hybridized carbons (Fsp3) is 1.00. The van der Waals surface area contributed by atoms with Crippen LogP contribution in [0.4, 0.5) is 0 Å². The van der Waals surface area contributed by atoms with Gasteiger partial charge >= 0.3 is 0 Å². The second-order valence-corrected chi connectivity index (χ2v) is 6.34. The molecule has 76 valence electrons. The van der Waals surface area contributed by atoms with Crippen molar-refractivity contribution < 1.29 is 5.11 Å². The zero-order valence-corrected chi connectivity index (χ0v) is 9.49. The number of hydrogen-bond acceptors (Lipinski definition) is 1. The maximum absolute atomic E-state index is 10.4. The maximum Gasteiger partial charge on any atom is 0.0890 e. The van der Waals surface area contributed by atoms with E-state index in [1.165, 1.54) is 12.8 Å². The first-order valence-corrected chi connectivity index (χ1v) is 5.62. The van der Waals surface area contributed by atoms with E-state index in [1.54, 1.807) is 0 Å². The summed E-state index contributed by atoms with van der Waals surface area (Å²) in [4.78, 5) is 0. The van der Waals surface area contributed by atoms with Gasteiger partial charge in [-0.2, -0.15) is 0 Å². The lowest BCUT2D eigenvalue weighted by Crippen LogP contribution is -2.24. The molecule has 2 aliphatic rings. The minimum atomic E-state index is -0.575. The molecule has 0 aromatic rings. The molecule has 2 rings (SSSR count). The second kappa shape index (κ2) is 2.43. The topological polar surface area (TPSA) is 20.2 Å². The molecule has 1 nitrogen and oxygen atoms in total. The van der Waals surface area contributed by atoms with Crippen molar-refractivity contribution in [3.8, 4) is 0 Å². The van der Waals surface area contributed by atoms with E-state index in [-0.39, 0.29) is 16.2 Å². The highest BCUT2D eigenvalue weighted by Crippen LogP contribution is 2.68.